The van der Waals surface area contributed by atoms with Gasteiger partial charge in [-0.2, -0.15) is 4.98 Å². The molecule has 1 aromatic heterocycles. The van der Waals surface area contributed by atoms with Crippen LogP contribution in [0.1, 0.15) is 31.0 Å². The number of ether oxygens (including phenoxy) is 1. The summed E-state index contributed by atoms with van der Waals surface area (Å²) in [5.41, 5.74) is 1.48. The van der Waals surface area contributed by atoms with Gasteiger partial charge in [0.2, 0.25) is 5.95 Å². The number of hydrogen-bond donors (Lipinski definition) is 1. The van der Waals surface area contributed by atoms with Crippen LogP contribution in [0, 0.1) is 0 Å². The molecule has 0 spiro atoms. The fourth-order valence-corrected chi connectivity index (χ4v) is 4.19. The van der Waals surface area contributed by atoms with Crippen LogP contribution in [0.25, 0.3) is 10.8 Å². The van der Waals surface area contributed by atoms with Crippen molar-refractivity contribution >= 4 is 28.6 Å². The van der Waals surface area contributed by atoms with Gasteiger partial charge >= 0.3 is 6.09 Å². The summed E-state index contributed by atoms with van der Waals surface area (Å²) in [6.07, 6.45) is 1.25. The van der Waals surface area contributed by atoms with E-state index in [2.05, 4.69) is 52.5 Å². The number of hydrogen-bond acceptors (Lipinski definition) is 5. The van der Waals surface area contributed by atoms with Gasteiger partial charge in [0.25, 0.3) is 0 Å². The molecule has 0 saturated carbocycles. The summed E-state index contributed by atoms with van der Waals surface area (Å²) in [6, 6.07) is 26.3. The number of carbonyl (C=O) groups is 1. The first-order chi connectivity index (χ1) is 15.5. The number of amides is 1. The molecular weight excluding hydrogens is 400 g/mol. The van der Waals surface area contributed by atoms with Gasteiger partial charge in [-0.05, 0) is 47.9 Å². The Bertz CT molecular complexity index is 1280. The zero-order valence-corrected chi connectivity index (χ0v) is 18.0. The second-order valence-electron chi connectivity index (χ2n) is 8.24. The Kier molecular flexibility index (Phi) is 4.98. The van der Waals surface area contributed by atoms with Crippen molar-refractivity contribution in [2.45, 2.75) is 25.4 Å². The zero-order valence-electron chi connectivity index (χ0n) is 18.0. The van der Waals surface area contributed by atoms with E-state index in [0.717, 1.165) is 11.1 Å². The molecular formula is C26H24N4O2. The van der Waals surface area contributed by atoms with Crippen LogP contribution in [-0.2, 0) is 10.3 Å². The van der Waals surface area contributed by atoms with Crippen LogP contribution < -0.4 is 10.2 Å². The van der Waals surface area contributed by atoms with E-state index < -0.39 is 11.6 Å². The number of cyclic esters (lactones) is 1. The summed E-state index contributed by atoms with van der Waals surface area (Å²) in [7, 11) is 0. The third-order valence-electron chi connectivity index (χ3n) is 6.04. The molecule has 1 N–H and O–H groups in total. The number of aromatic nitrogens is 2. The van der Waals surface area contributed by atoms with Crippen molar-refractivity contribution in [2.75, 3.05) is 16.8 Å². The molecule has 1 fully saturated rings. The lowest BCUT2D eigenvalue weighted by Crippen LogP contribution is -2.42. The predicted octanol–water partition coefficient (Wildman–Crippen LogP) is 5.67. The molecule has 0 bridgehead atoms. The highest BCUT2D eigenvalue weighted by atomic mass is 16.6. The number of fused-ring (bicyclic) bond motifs is 1. The molecule has 32 heavy (non-hydrogen) atoms. The molecule has 4 aromatic rings. The van der Waals surface area contributed by atoms with E-state index in [1.807, 2.05) is 49.4 Å². The fourth-order valence-electron chi connectivity index (χ4n) is 4.19. The molecule has 0 radical (unpaired) electrons. The molecule has 2 atom stereocenters. The maximum atomic E-state index is 12.7. The molecule has 1 unspecified atom stereocenters. The Balaban J connectivity index is 1.43. The lowest BCUT2D eigenvalue weighted by Gasteiger charge is -2.31. The number of nitrogens with zero attached hydrogens (tertiary/aromatic N) is 3. The van der Waals surface area contributed by atoms with Gasteiger partial charge in [0, 0.05) is 6.20 Å². The molecule has 1 saturated heterocycles. The van der Waals surface area contributed by atoms with Crippen LogP contribution in [0.4, 0.5) is 16.6 Å². The molecule has 5 rings (SSSR count). The Morgan fingerprint density at radius 1 is 1.00 bits per heavy atom. The normalized spacial score (nSPS) is 19.1. The quantitative estimate of drug-likeness (QED) is 0.447. The van der Waals surface area contributed by atoms with Gasteiger partial charge in [-0.1, -0.05) is 66.7 Å². The Morgan fingerprint density at radius 2 is 1.75 bits per heavy atom. The number of carbonyl (C=O) groups excluding carboxylic acids is 1. The molecule has 6 nitrogen and oxygen atoms in total. The molecule has 0 aliphatic carbocycles. The summed E-state index contributed by atoms with van der Waals surface area (Å²) in [6.45, 7) is 4.31. The number of anilines is 2. The van der Waals surface area contributed by atoms with Gasteiger partial charge in [0.05, 0.1) is 6.04 Å². The average Bonchev–Trinajstić information content (AvgIpc) is 3.14. The lowest BCUT2D eigenvalue weighted by molar-refractivity contribution is 0.174. The summed E-state index contributed by atoms with van der Waals surface area (Å²) >= 11 is 0. The van der Waals surface area contributed by atoms with Gasteiger partial charge in [-0.15, -0.1) is 0 Å². The monoisotopic (exact) mass is 424 g/mol. The predicted molar refractivity (Wildman–Crippen MR) is 126 cm³/mol. The second kappa shape index (κ2) is 7.96. The van der Waals surface area contributed by atoms with Crippen molar-refractivity contribution in [3.05, 3.63) is 96.2 Å². The van der Waals surface area contributed by atoms with Gasteiger partial charge in [0.15, 0.2) is 0 Å². The highest BCUT2D eigenvalue weighted by Gasteiger charge is 2.46. The maximum Gasteiger partial charge on any atom is 0.416 e. The Labute approximate surface area is 186 Å². The van der Waals surface area contributed by atoms with Crippen molar-refractivity contribution in [3.63, 3.8) is 0 Å². The van der Waals surface area contributed by atoms with Crippen LogP contribution in [0.2, 0.25) is 0 Å². The molecule has 2 heterocycles. The Morgan fingerprint density at radius 3 is 2.56 bits per heavy atom. The highest BCUT2D eigenvalue weighted by molar-refractivity contribution is 5.91. The van der Waals surface area contributed by atoms with Crippen LogP contribution in [0.3, 0.4) is 0 Å². The smallest absolute Gasteiger partial charge is 0.416 e. The highest BCUT2D eigenvalue weighted by Crippen LogP contribution is 2.37. The maximum absolute atomic E-state index is 12.7. The largest absolute Gasteiger partial charge is 0.446 e. The summed E-state index contributed by atoms with van der Waals surface area (Å²) < 4.78 is 5.43. The second-order valence-corrected chi connectivity index (χ2v) is 8.24. The lowest BCUT2D eigenvalue weighted by atomic mass is 9.92. The Hall–Kier alpha value is -3.93. The van der Waals surface area contributed by atoms with Gasteiger partial charge in [-0.3, -0.25) is 0 Å². The van der Waals surface area contributed by atoms with Crippen LogP contribution in [-0.4, -0.2) is 22.7 Å². The van der Waals surface area contributed by atoms with E-state index in [1.54, 1.807) is 17.2 Å². The van der Waals surface area contributed by atoms with Crippen molar-refractivity contribution in [1.82, 2.24) is 9.97 Å². The molecule has 160 valence electrons. The fraction of sp³-hybridized carbons (Fsp3) is 0.192. The molecule has 6 heteroatoms. The topological polar surface area (TPSA) is 67.4 Å². The SMILES string of the molecule is C[C@H](Nc1nccc(N2C(=O)OCC2(C)c2ccccc2)n1)c1ccc2ccccc2c1. The first-order valence-corrected chi connectivity index (χ1v) is 10.7. The number of benzene rings is 3. The molecule has 1 aliphatic rings. The third-order valence-corrected chi connectivity index (χ3v) is 6.04. The first-order valence-electron chi connectivity index (χ1n) is 10.7. The van der Waals surface area contributed by atoms with E-state index in [0.29, 0.717) is 11.8 Å². The summed E-state index contributed by atoms with van der Waals surface area (Å²) in [4.78, 5) is 23.3. The minimum atomic E-state index is -0.645. The summed E-state index contributed by atoms with van der Waals surface area (Å²) in [5.74, 6) is 0.959. The van der Waals surface area contributed by atoms with Crippen molar-refractivity contribution in [1.29, 1.82) is 0 Å². The van der Waals surface area contributed by atoms with Crippen LogP contribution in [0.15, 0.2) is 85.1 Å². The van der Waals surface area contributed by atoms with E-state index in [-0.39, 0.29) is 12.6 Å². The van der Waals surface area contributed by atoms with Crippen molar-refractivity contribution in [2.24, 2.45) is 0 Å². The minimum absolute atomic E-state index is 0.0131. The van der Waals surface area contributed by atoms with Crippen LogP contribution in [0.5, 0.6) is 0 Å². The van der Waals surface area contributed by atoms with E-state index in [9.17, 15) is 4.79 Å². The van der Waals surface area contributed by atoms with Gasteiger partial charge < -0.3 is 10.1 Å². The summed E-state index contributed by atoms with van der Waals surface area (Å²) in [5, 5.41) is 5.76. The van der Waals surface area contributed by atoms with Gasteiger partial charge in [-0.25, -0.2) is 14.7 Å². The van der Waals surface area contributed by atoms with E-state index in [4.69, 9.17) is 4.74 Å². The van der Waals surface area contributed by atoms with E-state index in [1.165, 1.54) is 10.8 Å². The van der Waals surface area contributed by atoms with Gasteiger partial charge in [0.1, 0.15) is 18.0 Å². The minimum Gasteiger partial charge on any atom is -0.446 e. The third kappa shape index (κ3) is 3.54. The van der Waals surface area contributed by atoms with Crippen molar-refractivity contribution < 1.29 is 9.53 Å². The van der Waals surface area contributed by atoms with Crippen molar-refractivity contribution in [3.8, 4) is 0 Å². The standard InChI is InChI=1S/C26H24N4O2/c1-18(20-13-12-19-8-6-7-9-21(19)16-20)28-24-27-15-14-23(29-24)30-25(31)32-17-26(30,2)22-10-4-3-5-11-22/h3-16,18H,17H2,1-2H3,(H,27,28,29)/t18-,26?/m0/s1. The van der Waals surface area contributed by atoms with Crippen LogP contribution >= 0.6 is 0 Å². The zero-order chi connectivity index (χ0) is 22.1. The number of rotatable bonds is 5. The molecule has 3 aromatic carbocycles. The first kappa shape index (κ1) is 20.0. The molecule has 1 aliphatic heterocycles. The average molecular weight is 425 g/mol. The molecule has 1 amide bonds. The number of nitrogens with one attached hydrogen (secondary N) is 1. The van der Waals surface area contributed by atoms with E-state index >= 15 is 0 Å².